The van der Waals surface area contributed by atoms with Gasteiger partial charge >= 0.3 is 0 Å². The summed E-state index contributed by atoms with van der Waals surface area (Å²) in [7, 11) is 1.61. The number of ether oxygens (including phenoxy) is 2. The molecule has 0 heterocycles. The van der Waals surface area contributed by atoms with E-state index in [1.807, 2.05) is 6.92 Å². The zero-order chi connectivity index (χ0) is 13.4. The Bertz CT molecular complexity index is 387. The van der Waals surface area contributed by atoms with Crippen LogP contribution >= 0.6 is 0 Å². The summed E-state index contributed by atoms with van der Waals surface area (Å²) in [6, 6.07) is 6.97. The van der Waals surface area contributed by atoms with Crippen LogP contribution in [0.15, 0.2) is 36.9 Å². The lowest BCUT2D eigenvalue weighted by atomic mass is 10.2. The first-order valence-corrected chi connectivity index (χ1v) is 5.81. The Hall–Kier alpha value is -1.81. The molecule has 0 spiro atoms. The molecule has 0 radical (unpaired) electrons. The molecule has 18 heavy (non-hydrogen) atoms. The lowest BCUT2D eigenvalue weighted by molar-refractivity contribution is 0.0905. The van der Waals surface area contributed by atoms with E-state index in [-0.39, 0.29) is 11.9 Å². The predicted molar refractivity (Wildman–Crippen MR) is 70.9 cm³/mol. The number of amides is 1. The Labute approximate surface area is 108 Å². The van der Waals surface area contributed by atoms with Gasteiger partial charge in [0.2, 0.25) is 0 Å². The maximum Gasteiger partial charge on any atom is 0.251 e. The Morgan fingerprint density at radius 3 is 2.67 bits per heavy atom. The van der Waals surface area contributed by atoms with Gasteiger partial charge in [0, 0.05) is 18.7 Å². The van der Waals surface area contributed by atoms with Crippen molar-refractivity contribution in [1.82, 2.24) is 5.32 Å². The summed E-state index contributed by atoms with van der Waals surface area (Å²) in [6.45, 7) is 6.41. The third kappa shape index (κ3) is 4.59. The van der Waals surface area contributed by atoms with Gasteiger partial charge in [0.1, 0.15) is 12.4 Å². The zero-order valence-electron chi connectivity index (χ0n) is 10.8. The van der Waals surface area contributed by atoms with Crippen molar-refractivity contribution < 1.29 is 14.3 Å². The summed E-state index contributed by atoms with van der Waals surface area (Å²) in [5.41, 5.74) is 0.601. The Morgan fingerprint density at radius 2 is 2.11 bits per heavy atom. The van der Waals surface area contributed by atoms with E-state index in [1.165, 1.54) is 0 Å². The molecule has 1 atom stereocenters. The number of rotatable bonds is 7. The third-order valence-corrected chi connectivity index (χ3v) is 2.28. The summed E-state index contributed by atoms with van der Waals surface area (Å²) >= 11 is 0. The van der Waals surface area contributed by atoms with Crippen molar-refractivity contribution in [3.8, 4) is 5.75 Å². The number of hydrogen-bond acceptors (Lipinski definition) is 3. The zero-order valence-corrected chi connectivity index (χ0v) is 10.8. The average Bonchev–Trinajstić information content (AvgIpc) is 2.37. The Kier molecular flexibility index (Phi) is 5.94. The van der Waals surface area contributed by atoms with Crippen molar-refractivity contribution in [2.75, 3.05) is 20.3 Å². The largest absolute Gasteiger partial charge is 0.490 e. The molecule has 1 rings (SSSR count). The fraction of sp³-hybridized carbons (Fsp3) is 0.357. The minimum atomic E-state index is -0.116. The van der Waals surface area contributed by atoms with E-state index in [1.54, 1.807) is 37.5 Å². The summed E-state index contributed by atoms with van der Waals surface area (Å²) in [4.78, 5) is 11.8. The number of benzene rings is 1. The molecule has 0 aliphatic carbocycles. The van der Waals surface area contributed by atoms with Crippen molar-refractivity contribution in [1.29, 1.82) is 0 Å². The molecule has 4 nitrogen and oxygen atoms in total. The van der Waals surface area contributed by atoms with Crippen LogP contribution in [0.2, 0.25) is 0 Å². The molecule has 1 amide bonds. The van der Waals surface area contributed by atoms with Gasteiger partial charge in [-0.3, -0.25) is 4.79 Å². The number of hydrogen-bond donors (Lipinski definition) is 1. The van der Waals surface area contributed by atoms with E-state index in [2.05, 4.69) is 11.9 Å². The van der Waals surface area contributed by atoms with Crippen LogP contribution in [0.1, 0.15) is 17.3 Å². The second-order valence-corrected chi connectivity index (χ2v) is 3.95. The van der Waals surface area contributed by atoms with E-state index in [0.717, 1.165) is 5.75 Å². The highest BCUT2D eigenvalue weighted by atomic mass is 16.5. The molecule has 0 bridgehead atoms. The SMILES string of the molecule is C=CCOc1ccc(C(=O)NC(C)COC)cc1. The molecule has 0 fully saturated rings. The average molecular weight is 249 g/mol. The third-order valence-electron chi connectivity index (χ3n) is 2.28. The monoisotopic (exact) mass is 249 g/mol. The molecule has 0 saturated carbocycles. The molecule has 0 saturated heterocycles. The number of methoxy groups -OCH3 is 1. The summed E-state index contributed by atoms with van der Waals surface area (Å²) < 4.78 is 10.3. The van der Waals surface area contributed by atoms with E-state index < -0.39 is 0 Å². The molecular weight excluding hydrogens is 230 g/mol. The topological polar surface area (TPSA) is 47.6 Å². The van der Waals surface area contributed by atoms with Crippen LogP contribution in [0, 0.1) is 0 Å². The van der Waals surface area contributed by atoms with Crippen molar-refractivity contribution in [3.63, 3.8) is 0 Å². The van der Waals surface area contributed by atoms with Crippen LogP contribution in [0.3, 0.4) is 0 Å². The van der Waals surface area contributed by atoms with Crippen LogP contribution in [0.5, 0.6) is 5.75 Å². The van der Waals surface area contributed by atoms with Gasteiger partial charge in [0.15, 0.2) is 0 Å². The maximum absolute atomic E-state index is 11.8. The first kappa shape index (κ1) is 14.3. The highest BCUT2D eigenvalue weighted by Crippen LogP contribution is 2.12. The fourth-order valence-electron chi connectivity index (χ4n) is 1.46. The lowest BCUT2D eigenvalue weighted by Crippen LogP contribution is -2.35. The molecular formula is C14H19NO3. The highest BCUT2D eigenvalue weighted by Gasteiger charge is 2.09. The van der Waals surface area contributed by atoms with Crippen molar-refractivity contribution in [2.45, 2.75) is 13.0 Å². The minimum Gasteiger partial charge on any atom is -0.490 e. The van der Waals surface area contributed by atoms with Gasteiger partial charge in [-0.15, -0.1) is 0 Å². The molecule has 0 aliphatic heterocycles. The van der Waals surface area contributed by atoms with Gasteiger partial charge in [-0.25, -0.2) is 0 Å². The van der Waals surface area contributed by atoms with Crippen LogP contribution < -0.4 is 10.1 Å². The first-order chi connectivity index (χ1) is 8.67. The van der Waals surface area contributed by atoms with Gasteiger partial charge in [-0.2, -0.15) is 0 Å². The maximum atomic E-state index is 11.8. The Balaban J connectivity index is 2.55. The first-order valence-electron chi connectivity index (χ1n) is 5.81. The molecule has 1 unspecified atom stereocenters. The highest BCUT2D eigenvalue weighted by molar-refractivity contribution is 5.94. The number of nitrogens with one attached hydrogen (secondary N) is 1. The molecule has 0 aliphatic rings. The molecule has 0 aromatic heterocycles. The van der Waals surface area contributed by atoms with Gasteiger partial charge in [-0.05, 0) is 31.2 Å². The van der Waals surface area contributed by atoms with E-state index in [0.29, 0.717) is 18.8 Å². The van der Waals surface area contributed by atoms with E-state index >= 15 is 0 Å². The van der Waals surface area contributed by atoms with Gasteiger partial charge < -0.3 is 14.8 Å². The van der Waals surface area contributed by atoms with Crippen LogP contribution in [0.4, 0.5) is 0 Å². The summed E-state index contributed by atoms with van der Waals surface area (Å²) in [5.74, 6) is 0.603. The van der Waals surface area contributed by atoms with Crippen molar-refractivity contribution in [2.24, 2.45) is 0 Å². The Morgan fingerprint density at radius 1 is 1.44 bits per heavy atom. The van der Waals surface area contributed by atoms with Crippen LogP contribution in [-0.2, 0) is 4.74 Å². The van der Waals surface area contributed by atoms with Crippen LogP contribution in [0.25, 0.3) is 0 Å². The summed E-state index contributed by atoms with van der Waals surface area (Å²) in [5, 5.41) is 2.84. The molecule has 1 aromatic rings. The normalized spacial score (nSPS) is 11.7. The van der Waals surface area contributed by atoms with E-state index in [9.17, 15) is 4.79 Å². The van der Waals surface area contributed by atoms with Crippen molar-refractivity contribution >= 4 is 5.91 Å². The smallest absolute Gasteiger partial charge is 0.251 e. The molecule has 4 heteroatoms. The molecule has 1 aromatic carbocycles. The number of carbonyl (C=O) groups is 1. The van der Waals surface area contributed by atoms with Gasteiger partial charge in [0.25, 0.3) is 5.91 Å². The predicted octanol–water partition coefficient (Wildman–Crippen LogP) is 2.02. The van der Waals surface area contributed by atoms with Crippen molar-refractivity contribution in [3.05, 3.63) is 42.5 Å². The molecule has 1 N–H and O–H groups in total. The van der Waals surface area contributed by atoms with Crippen LogP contribution in [-0.4, -0.2) is 32.3 Å². The minimum absolute atomic E-state index is 0.0146. The van der Waals surface area contributed by atoms with E-state index in [4.69, 9.17) is 9.47 Å². The van der Waals surface area contributed by atoms with Gasteiger partial charge in [-0.1, -0.05) is 12.7 Å². The standard InChI is InChI=1S/C14H19NO3/c1-4-9-18-13-7-5-12(6-8-13)14(16)15-11(2)10-17-3/h4-8,11H,1,9-10H2,2-3H3,(H,15,16). The quantitative estimate of drug-likeness (QED) is 0.752. The second-order valence-electron chi connectivity index (χ2n) is 3.95. The summed E-state index contributed by atoms with van der Waals surface area (Å²) in [6.07, 6.45) is 1.67. The lowest BCUT2D eigenvalue weighted by Gasteiger charge is -2.12. The molecule has 98 valence electrons. The fourth-order valence-corrected chi connectivity index (χ4v) is 1.46. The second kappa shape index (κ2) is 7.50. The van der Waals surface area contributed by atoms with Gasteiger partial charge in [0.05, 0.1) is 6.61 Å². The number of carbonyl (C=O) groups excluding carboxylic acids is 1.